The molecule has 0 unspecified atom stereocenters. The van der Waals surface area contributed by atoms with E-state index >= 15 is 0 Å². The summed E-state index contributed by atoms with van der Waals surface area (Å²) in [5.41, 5.74) is 1.66. The van der Waals surface area contributed by atoms with Crippen LogP contribution in [0.5, 0.6) is 0 Å². The Labute approximate surface area is 165 Å². The van der Waals surface area contributed by atoms with Crippen molar-refractivity contribution in [3.63, 3.8) is 0 Å². The lowest BCUT2D eigenvalue weighted by molar-refractivity contribution is -0.126. The van der Waals surface area contributed by atoms with Crippen LogP contribution in [0.15, 0.2) is 30.5 Å². The van der Waals surface area contributed by atoms with Crippen molar-refractivity contribution in [3.8, 4) is 0 Å². The number of rotatable bonds is 5. The zero-order valence-corrected chi connectivity index (χ0v) is 16.9. The third-order valence-electron chi connectivity index (χ3n) is 4.60. The van der Waals surface area contributed by atoms with E-state index < -0.39 is 0 Å². The van der Waals surface area contributed by atoms with Crippen molar-refractivity contribution in [3.05, 3.63) is 46.9 Å². The Bertz CT molecular complexity index is 807. The first-order valence-corrected chi connectivity index (χ1v) is 9.69. The van der Waals surface area contributed by atoms with Gasteiger partial charge in [0.15, 0.2) is 0 Å². The second-order valence-corrected chi connectivity index (χ2v) is 7.56. The number of anilines is 1. The topological polar surface area (TPSA) is 54.3 Å². The maximum Gasteiger partial charge on any atom is 0.246 e. The number of hydrogen-bond acceptors (Lipinski definition) is 4. The Morgan fingerprint density at radius 2 is 2.00 bits per heavy atom. The molecule has 144 valence electrons. The minimum atomic E-state index is 0.00254. The molecule has 3 heterocycles. The molecule has 0 N–H and O–H groups in total. The Morgan fingerprint density at radius 3 is 2.63 bits per heavy atom. The van der Waals surface area contributed by atoms with Crippen molar-refractivity contribution in [2.24, 2.45) is 5.92 Å². The summed E-state index contributed by atoms with van der Waals surface area (Å²) in [5.74, 6) is 1.42. The van der Waals surface area contributed by atoms with Gasteiger partial charge in [-0.1, -0.05) is 31.5 Å². The Balaban J connectivity index is 1.61. The van der Waals surface area contributed by atoms with Gasteiger partial charge in [-0.2, -0.15) is 5.10 Å². The van der Waals surface area contributed by atoms with E-state index in [0.717, 1.165) is 36.7 Å². The zero-order chi connectivity index (χ0) is 19.4. The largest absolute Gasteiger partial charge is 0.353 e. The van der Waals surface area contributed by atoms with E-state index in [-0.39, 0.29) is 5.91 Å². The van der Waals surface area contributed by atoms with Gasteiger partial charge >= 0.3 is 0 Å². The number of aryl methyl sites for hydroxylation is 1. The molecular formula is C20H26ClN5O. The van der Waals surface area contributed by atoms with E-state index in [2.05, 4.69) is 28.8 Å². The minimum absolute atomic E-state index is 0.00254. The average Bonchev–Trinajstić information content (AvgIpc) is 2.93. The van der Waals surface area contributed by atoms with E-state index in [1.165, 1.54) is 0 Å². The Hall–Kier alpha value is -2.34. The van der Waals surface area contributed by atoms with Crippen LogP contribution in [0, 0.1) is 12.8 Å². The molecule has 0 radical (unpaired) electrons. The second kappa shape index (κ2) is 8.57. The van der Waals surface area contributed by atoms with Gasteiger partial charge in [-0.3, -0.25) is 9.48 Å². The van der Waals surface area contributed by atoms with Gasteiger partial charge in [-0.05, 0) is 31.1 Å². The molecule has 1 aliphatic heterocycles. The first kappa shape index (κ1) is 19.4. The fourth-order valence-corrected chi connectivity index (χ4v) is 3.49. The van der Waals surface area contributed by atoms with Crippen LogP contribution in [0.1, 0.15) is 25.1 Å². The number of hydrogen-bond donors (Lipinski definition) is 0. The van der Waals surface area contributed by atoms with E-state index in [1.807, 2.05) is 30.0 Å². The van der Waals surface area contributed by atoms with Crippen molar-refractivity contribution < 1.29 is 4.79 Å². The van der Waals surface area contributed by atoms with Gasteiger partial charge < -0.3 is 9.80 Å². The van der Waals surface area contributed by atoms with Crippen molar-refractivity contribution in [2.45, 2.75) is 27.3 Å². The molecule has 0 bridgehead atoms. The van der Waals surface area contributed by atoms with Gasteiger partial charge in [0, 0.05) is 50.6 Å². The average molecular weight is 388 g/mol. The van der Waals surface area contributed by atoms with Gasteiger partial charge in [-0.15, -0.1) is 0 Å². The Morgan fingerprint density at radius 1 is 1.26 bits per heavy atom. The standard InChI is InChI=1S/C20H26ClN5O/c1-15(2)14-26-20(21)17(16(3)23-26)7-8-19(27)25-12-10-24(11-13-25)18-6-4-5-9-22-18/h4-9,15H,10-14H2,1-3H3/b8-7+. The molecule has 2 aromatic rings. The summed E-state index contributed by atoms with van der Waals surface area (Å²) < 4.78 is 1.80. The van der Waals surface area contributed by atoms with E-state index in [0.29, 0.717) is 24.2 Å². The Kier molecular flexibility index (Phi) is 6.16. The number of halogens is 1. The van der Waals surface area contributed by atoms with Crippen LogP contribution in [0.4, 0.5) is 5.82 Å². The smallest absolute Gasteiger partial charge is 0.246 e. The first-order valence-electron chi connectivity index (χ1n) is 9.31. The maximum atomic E-state index is 12.6. The van der Waals surface area contributed by atoms with Gasteiger partial charge in [0.2, 0.25) is 5.91 Å². The quantitative estimate of drug-likeness (QED) is 0.739. The van der Waals surface area contributed by atoms with E-state index in [9.17, 15) is 4.79 Å². The normalized spacial score (nSPS) is 15.1. The molecule has 0 atom stereocenters. The molecule has 0 aliphatic carbocycles. The third kappa shape index (κ3) is 4.69. The predicted molar refractivity (Wildman–Crippen MR) is 109 cm³/mol. The summed E-state index contributed by atoms with van der Waals surface area (Å²) in [6.07, 6.45) is 5.18. The number of aromatic nitrogens is 3. The first-order chi connectivity index (χ1) is 13.0. The van der Waals surface area contributed by atoms with Crippen LogP contribution in [-0.4, -0.2) is 51.8 Å². The van der Waals surface area contributed by atoms with E-state index in [4.69, 9.17) is 11.6 Å². The molecular weight excluding hydrogens is 362 g/mol. The summed E-state index contributed by atoms with van der Waals surface area (Å²) in [6.45, 7) is 9.84. The molecule has 1 amide bonds. The molecule has 1 aliphatic rings. The van der Waals surface area contributed by atoms with Gasteiger partial charge in [-0.25, -0.2) is 4.98 Å². The highest BCUT2D eigenvalue weighted by Crippen LogP contribution is 2.22. The molecule has 6 nitrogen and oxygen atoms in total. The number of carbonyl (C=O) groups is 1. The lowest BCUT2D eigenvalue weighted by Crippen LogP contribution is -2.48. The van der Waals surface area contributed by atoms with Gasteiger partial charge in [0.05, 0.1) is 5.69 Å². The number of carbonyl (C=O) groups excluding carboxylic acids is 1. The molecule has 0 aromatic carbocycles. The van der Waals surface area contributed by atoms with Crippen molar-refractivity contribution in [1.29, 1.82) is 0 Å². The number of nitrogens with zero attached hydrogens (tertiary/aromatic N) is 5. The van der Waals surface area contributed by atoms with Crippen molar-refractivity contribution in [2.75, 3.05) is 31.1 Å². The molecule has 0 saturated carbocycles. The number of piperazine rings is 1. The summed E-state index contributed by atoms with van der Waals surface area (Å²) in [4.78, 5) is 21.0. The number of amides is 1. The highest BCUT2D eigenvalue weighted by Gasteiger charge is 2.20. The fraction of sp³-hybridized carbons (Fsp3) is 0.450. The summed E-state index contributed by atoms with van der Waals surface area (Å²) >= 11 is 6.44. The molecule has 0 spiro atoms. The molecule has 27 heavy (non-hydrogen) atoms. The van der Waals surface area contributed by atoms with Crippen molar-refractivity contribution >= 4 is 29.4 Å². The van der Waals surface area contributed by atoms with E-state index in [1.54, 1.807) is 23.0 Å². The second-order valence-electron chi connectivity index (χ2n) is 7.20. The van der Waals surface area contributed by atoms with Crippen LogP contribution in [0.25, 0.3) is 6.08 Å². The molecule has 3 rings (SSSR count). The van der Waals surface area contributed by atoms with Gasteiger partial charge in [0.1, 0.15) is 11.0 Å². The van der Waals surface area contributed by atoms with Crippen LogP contribution in [-0.2, 0) is 11.3 Å². The van der Waals surface area contributed by atoms with Crippen LogP contribution in [0.2, 0.25) is 5.15 Å². The number of pyridine rings is 1. The lowest BCUT2D eigenvalue weighted by atomic mass is 10.2. The van der Waals surface area contributed by atoms with Crippen LogP contribution < -0.4 is 4.90 Å². The summed E-state index contributed by atoms with van der Waals surface area (Å²) in [7, 11) is 0. The molecule has 1 saturated heterocycles. The molecule has 2 aromatic heterocycles. The summed E-state index contributed by atoms with van der Waals surface area (Å²) in [5, 5.41) is 5.07. The fourth-order valence-electron chi connectivity index (χ4n) is 3.18. The SMILES string of the molecule is Cc1nn(CC(C)C)c(Cl)c1/C=C/C(=O)N1CCN(c2ccccn2)CC1. The lowest BCUT2D eigenvalue weighted by Gasteiger charge is -2.34. The van der Waals surface area contributed by atoms with Gasteiger partial charge in [0.25, 0.3) is 0 Å². The van der Waals surface area contributed by atoms with Crippen LogP contribution >= 0.6 is 11.6 Å². The zero-order valence-electron chi connectivity index (χ0n) is 16.1. The minimum Gasteiger partial charge on any atom is -0.353 e. The monoisotopic (exact) mass is 387 g/mol. The summed E-state index contributed by atoms with van der Waals surface area (Å²) in [6, 6.07) is 5.88. The molecule has 7 heteroatoms. The highest BCUT2D eigenvalue weighted by atomic mass is 35.5. The van der Waals surface area contributed by atoms with Crippen molar-refractivity contribution in [1.82, 2.24) is 19.7 Å². The predicted octanol–water partition coefficient (Wildman–Crippen LogP) is 3.26. The molecule has 1 fully saturated rings. The third-order valence-corrected chi connectivity index (χ3v) is 5.00. The maximum absolute atomic E-state index is 12.6. The van der Waals surface area contributed by atoms with Crippen LogP contribution in [0.3, 0.4) is 0 Å². The highest BCUT2D eigenvalue weighted by molar-refractivity contribution is 6.31.